The van der Waals surface area contributed by atoms with E-state index in [2.05, 4.69) is 22.3 Å². The van der Waals surface area contributed by atoms with Gasteiger partial charge in [-0.3, -0.25) is 0 Å². The van der Waals surface area contributed by atoms with E-state index in [9.17, 15) is 18.0 Å². The summed E-state index contributed by atoms with van der Waals surface area (Å²) in [6, 6.07) is 13.0. The van der Waals surface area contributed by atoms with Crippen LogP contribution < -0.4 is 10.2 Å². The molecule has 0 bridgehead atoms. The molecule has 0 radical (unpaired) electrons. The largest absolute Gasteiger partial charge is 0.416 e. The molecule has 1 aliphatic rings. The van der Waals surface area contributed by atoms with E-state index in [0.717, 1.165) is 30.9 Å². The number of rotatable bonds is 3. The van der Waals surface area contributed by atoms with E-state index in [1.165, 1.54) is 11.6 Å². The van der Waals surface area contributed by atoms with Crippen molar-refractivity contribution in [1.82, 2.24) is 10.2 Å². The van der Waals surface area contributed by atoms with Crippen molar-refractivity contribution in [2.24, 2.45) is 0 Å². The summed E-state index contributed by atoms with van der Waals surface area (Å²) in [5.41, 5.74) is 2.05. The minimum atomic E-state index is -4.38. The van der Waals surface area contributed by atoms with Crippen LogP contribution in [0.4, 0.5) is 23.7 Å². The number of carbonyl (C=O) groups excluding carboxylic acids is 1. The topological polar surface area (TPSA) is 35.6 Å². The average Bonchev–Trinajstić information content (AvgIpc) is 2.66. The first-order valence-electron chi connectivity index (χ1n) is 8.83. The number of halogens is 3. The number of amides is 2. The fraction of sp³-hybridized carbons (Fsp3) is 0.350. The van der Waals surface area contributed by atoms with Gasteiger partial charge in [0.2, 0.25) is 0 Å². The molecule has 0 unspecified atom stereocenters. The molecular weight excluding hydrogens is 355 g/mol. The van der Waals surface area contributed by atoms with Crippen LogP contribution in [0.1, 0.15) is 16.7 Å². The number of benzene rings is 2. The van der Waals surface area contributed by atoms with Crippen molar-refractivity contribution in [3.05, 3.63) is 65.2 Å². The number of carbonyl (C=O) groups is 1. The lowest BCUT2D eigenvalue weighted by Gasteiger charge is -2.36. The number of alkyl halides is 3. The van der Waals surface area contributed by atoms with Crippen LogP contribution in [-0.4, -0.2) is 37.1 Å². The van der Waals surface area contributed by atoms with Crippen molar-refractivity contribution in [2.45, 2.75) is 19.6 Å². The third-order valence-corrected chi connectivity index (χ3v) is 4.63. The van der Waals surface area contributed by atoms with E-state index in [0.29, 0.717) is 18.7 Å². The van der Waals surface area contributed by atoms with Gasteiger partial charge in [0.25, 0.3) is 0 Å². The van der Waals surface area contributed by atoms with Gasteiger partial charge in [0, 0.05) is 38.4 Å². The molecule has 0 aliphatic carbocycles. The highest BCUT2D eigenvalue weighted by Gasteiger charge is 2.30. The highest BCUT2D eigenvalue weighted by atomic mass is 19.4. The predicted octanol–water partition coefficient (Wildman–Crippen LogP) is 4.05. The second-order valence-electron chi connectivity index (χ2n) is 6.67. The molecule has 1 aliphatic heterocycles. The lowest BCUT2D eigenvalue weighted by atomic mass is 10.1. The molecule has 0 atom stereocenters. The van der Waals surface area contributed by atoms with Crippen LogP contribution >= 0.6 is 0 Å². The normalized spacial score (nSPS) is 15.0. The Bertz CT molecular complexity index is 799. The number of hydrogen-bond acceptors (Lipinski definition) is 2. The summed E-state index contributed by atoms with van der Waals surface area (Å²) in [5.74, 6) is 0. The van der Waals surface area contributed by atoms with E-state index in [1.807, 2.05) is 19.1 Å². The molecule has 4 nitrogen and oxygen atoms in total. The number of piperazine rings is 1. The third-order valence-electron chi connectivity index (χ3n) is 4.63. The van der Waals surface area contributed by atoms with Gasteiger partial charge in [0.15, 0.2) is 0 Å². The Morgan fingerprint density at radius 1 is 1.04 bits per heavy atom. The highest BCUT2D eigenvalue weighted by Crippen LogP contribution is 2.29. The van der Waals surface area contributed by atoms with Crippen molar-refractivity contribution in [3.8, 4) is 0 Å². The Morgan fingerprint density at radius 3 is 2.41 bits per heavy atom. The van der Waals surface area contributed by atoms with Gasteiger partial charge in [-0.2, -0.15) is 13.2 Å². The van der Waals surface area contributed by atoms with Gasteiger partial charge < -0.3 is 15.1 Å². The SMILES string of the molecule is Cc1cccc(N2CCN(C(=O)NCc3cccc(C(F)(F)F)c3)CC2)c1. The van der Waals surface area contributed by atoms with Crippen LogP contribution in [0.3, 0.4) is 0 Å². The van der Waals surface area contributed by atoms with Crippen molar-refractivity contribution in [2.75, 3.05) is 31.1 Å². The molecule has 1 fully saturated rings. The lowest BCUT2D eigenvalue weighted by molar-refractivity contribution is -0.137. The summed E-state index contributed by atoms with van der Waals surface area (Å²) < 4.78 is 38.3. The number of urea groups is 1. The van der Waals surface area contributed by atoms with Crippen molar-refractivity contribution in [1.29, 1.82) is 0 Å². The zero-order valence-electron chi connectivity index (χ0n) is 15.1. The Hall–Kier alpha value is -2.70. The average molecular weight is 377 g/mol. The Kier molecular flexibility index (Phi) is 5.58. The minimum Gasteiger partial charge on any atom is -0.368 e. The van der Waals surface area contributed by atoms with Gasteiger partial charge in [0.1, 0.15) is 0 Å². The second-order valence-corrected chi connectivity index (χ2v) is 6.67. The van der Waals surface area contributed by atoms with Gasteiger partial charge in [-0.15, -0.1) is 0 Å². The highest BCUT2D eigenvalue weighted by molar-refractivity contribution is 5.74. The zero-order valence-corrected chi connectivity index (χ0v) is 15.1. The Morgan fingerprint density at radius 2 is 1.74 bits per heavy atom. The van der Waals surface area contributed by atoms with E-state index in [1.54, 1.807) is 11.0 Å². The maximum atomic E-state index is 12.8. The van der Waals surface area contributed by atoms with Crippen molar-refractivity contribution >= 4 is 11.7 Å². The maximum Gasteiger partial charge on any atom is 0.416 e. The number of hydrogen-bond donors (Lipinski definition) is 1. The molecule has 27 heavy (non-hydrogen) atoms. The standard InChI is InChI=1S/C20H22F3N3O/c1-15-4-2-7-18(12-15)25-8-10-26(11-9-25)19(27)24-14-16-5-3-6-17(13-16)20(21,22)23/h2-7,12-13H,8-11,14H2,1H3,(H,24,27). The number of nitrogens with one attached hydrogen (secondary N) is 1. The summed E-state index contributed by atoms with van der Waals surface area (Å²) >= 11 is 0. The van der Waals surface area contributed by atoms with Crippen LogP contribution in [0, 0.1) is 6.92 Å². The molecule has 0 aromatic heterocycles. The van der Waals surface area contributed by atoms with Gasteiger partial charge in [-0.05, 0) is 42.3 Å². The zero-order chi connectivity index (χ0) is 19.4. The van der Waals surface area contributed by atoms with Crippen molar-refractivity contribution in [3.63, 3.8) is 0 Å². The van der Waals surface area contributed by atoms with Crippen LogP contribution in [0.25, 0.3) is 0 Å². The van der Waals surface area contributed by atoms with Crippen LogP contribution in [-0.2, 0) is 12.7 Å². The van der Waals surface area contributed by atoms with E-state index < -0.39 is 11.7 Å². The fourth-order valence-electron chi connectivity index (χ4n) is 3.14. The summed E-state index contributed by atoms with van der Waals surface area (Å²) in [6.45, 7) is 4.70. The van der Waals surface area contributed by atoms with E-state index in [4.69, 9.17) is 0 Å². The minimum absolute atomic E-state index is 0.0703. The molecule has 2 amide bonds. The first-order valence-corrected chi connectivity index (χ1v) is 8.83. The summed E-state index contributed by atoms with van der Waals surface area (Å²) in [5, 5.41) is 2.71. The second kappa shape index (κ2) is 7.90. The molecule has 1 saturated heterocycles. The fourth-order valence-corrected chi connectivity index (χ4v) is 3.14. The number of anilines is 1. The summed E-state index contributed by atoms with van der Waals surface area (Å²) in [4.78, 5) is 16.2. The summed E-state index contributed by atoms with van der Waals surface area (Å²) in [6.07, 6.45) is -4.38. The molecule has 144 valence electrons. The monoisotopic (exact) mass is 377 g/mol. The van der Waals surface area contributed by atoms with Crippen LogP contribution in [0.2, 0.25) is 0 Å². The molecular formula is C20H22F3N3O. The van der Waals surface area contributed by atoms with Crippen LogP contribution in [0.15, 0.2) is 48.5 Å². The van der Waals surface area contributed by atoms with Gasteiger partial charge in [0.05, 0.1) is 5.56 Å². The molecule has 7 heteroatoms. The summed E-state index contributed by atoms with van der Waals surface area (Å²) in [7, 11) is 0. The number of nitrogens with zero attached hydrogens (tertiary/aromatic N) is 2. The molecule has 1 heterocycles. The molecule has 3 rings (SSSR count). The first-order chi connectivity index (χ1) is 12.8. The molecule has 2 aromatic rings. The maximum absolute atomic E-state index is 12.8. The first kappa shape index (κ1) is 19.1. The molecule has 0 spiro atoms. The van der Waals surface area contributed by atoms with Gasteiger partial charge in [-0.25, -0.2) is 4.79 Å². The van der Waals surface area contributed by atoms with Gasteiger partial charge in [-0.1, -0.05) is 24.3 Å². The molecule has 1 N–H and O–H groups in total. The molecule has 2 aromatic carbocycles. The third kappa shape index (κ3) is 4.93. The Balaban J connectivity index is 1.51. The van der Waals surface area contributed by atoms with E-state index >= 15 is 0 Å². The van der Waals surface area contributed by atoms with Gasteiger partial charge >= 0.3 is 12.2 Å². The van der Waals surface area contributed by atoms with E-state index in [-0.39, 0.29) is 12.6 Å². The number of aryl methyl sites for hydroxylation is 1. The van der Waals surface area contributed by atoms with Crippen LogP contribution in [0.5, 0.6) is 0 Å². The lowest BCUT2D eigenvalue weighted by Crippen LogP contribution is -2.51. The predicted molar refractivity (Wildman–Crippen MR) is 98.6 cm³/mol. The quantitative estimate of drug-likeness (QED) is 0.876. The Labute approximate surface area is 156 Å². The van der Waals surface area contributed by atoms with Crippen molar-refractivity contribution < 1.29 is 18.0 Å². The molecule has 0 saturated carbocycles. The smallest absolute Gasteiger partial charge is 0.368 e.